The van der Waals surface area contributed by atoms with E-state index in [9.17, 15) is 14.7 Å². The molecule has 7 nitrogen and oxygen atoms in total. The van der Waals surface area contributed by atoms with E-state index in [4.69, 9.17) is 4.74 Å². The van der Waals surface area contributed by atoms with Gasteiger partial charge in [0.1, 0.15) is 17.5 Å². The summed E-state index contributed by atoms with van der Waals surface area (Å²) in [6, 6.07) is 5.89. The first-order valence-corrected chi connectivity index (χ1v) is 17.7. The molecule has 1 saturated heterocycles. The standard InChI is InChI=1S/C37H53N3O4/c1-23(2)30-17-26-19-35(22-41)29-13-12-24(3)28(29)20-36(26,37(30,35)34(42)43)32-18-27(25-9-5-4-6-10-25)31(44-32)21-38-15-16-40-33-11-7-8-14-39-33/h7-8,11,14,17,22-29,31-32,38H,4-6,9-10,12-13,15-16,18-21H2,1-3H3,(H,39,40)(H,42,43)/t24-,26?,27+,28-,29-,31+,32-,35?,36?,37+/m1/s1. The molecule has 5 aliphatic carbocycles. The zero-order valence-corrected chi connectivity index (χ0v) is 27.0. The van der Waals surface area contributed by atoms with Crippen molar-refractivity contribution in [3.63, 3.8) is 0 Å². The molecule has 10 atom stereocenters. The maximum Gasteiger partial charge on any atom is 0.315 e. The Morgan fingerprint density at radius 3 is 2.64 bits per heavy atom. The molecule has 0 spiro atoms. The Bertz CT molecular complexity index is 1260. The summed E-state index contributed by atoms with van der Waals surface area (Å²) in [4.78, 5) is 32.0. The molecule has 240 valence electrons. The number of nitrogens with zero attached hydrogens (tertiary/aromatic N) is 1. The molecule has 5 fully saturated rings. The van der Waals surface area contributed by atoms with Crippen LogP contribution in [0.2, 0.25) is 0 Å². The molecule has 3 unspecified atom stereocenters. The number of aldehydes is 1. The van der Waals surface area contributed by atoms with Crippen molar-refractivity contribution in [2.75, 3.05) is 25.0 Å². The molecule has 6 aliphatic rings. The maximum absolute atomic E-state index is 14.1. The van der Waals surface area contributed by atoms with E-state index in [1.165, 1.54) is 32.1 Å². The third-order valence-electron chi connectivity index (χ3n) is 13.7. The van der Waals surface area contributed by atoms with Gasteiger partial charge in [-0.2, -0.15) is 0 Å². The second-order valence-corrected chi connectivity index (χ2v) is 15.7. The Morgan fingerprint density at radius 1 is 1.11 bits per heavy atom. The van der Waals surface area contributed by atoms with Crippen LogP contribution in [-0.2, 0) is 14.3 Å². The van der Waals surface area contributed by atoms with Crippen LogP contribution < -0.4 is 10.6 Å². The summed E-state index contributed by atoms with van der Waals surface area (Å²) in [7, 11) is 0. The van der Waals surface area contributed by atoms with E-state index >= 15 is 0 Å². The lowest BCUT2D eigenvalue weighted by Gasteiger charge is -2.60. The highest BCUT2D eigenvalue weighted by Gasteiger charge is 2.86. The van der Waals surface area contributed by atoms with Crippen molar-refractivity contribution < 1.29 is 19.4 Å². The number of carbonyl (C=O) groups excluding carboxylic acids is 1. The number of hydrogen-bond donors (Lipinski definition) is 3. The van der Waals surface area contributed by atoms with Crippen molar-refractivity contribution in [3.8, 4) is 0 Å². The normalized spacial score (nSPS) is 42.8. The van der Waals surface area contributed by atoms with Gasteiger partial charge in [-0.3, -0.25) is 4.79 Å². The van der Waals surface area contributed by atoms with E-state index < -0.39 is 22.2 Å². The number of carboxylic acids is 1. The van der Waals surface area contributed by atoms with Gasteiger partial charge in [0.05, 0.1) is 17.6 Å². The molecule has 0 radical (unpaired) electrons. The Balaban J connectivity index is 1.21. The predicted molar refractivity (Wildman–Crippen MR) is 171 cm³/mol. The van der Waals surface area contributed by atoms with E-state index in [1.807, 2.05) is 18.2 Å². The van der Waals surface area contributed by atoms with Crippen LogP contribution in [-0.4, -0.2) is 54.2 Å². The fourth-order valence-electron chi connectivity index (χ4n) is 12.2. The van der Waals surface area contributed by atoms with E-state index in [0.717, 1.165) is 63.0 Å². The van der Waals surface area contributed by atoms with Gasteiger partial charge in [-0.25, -0.2) is 4.98 Å². The highest BCUT2D eigenvalue weighted by Crippen LogP contribution is 2.84. The maximum atomic E-state index is 14.1. The molecule has 4 saturated carbocycles. The number of carbonyl (C=O) groups is 2. The summed E-state index contributed by atoms with van der Waals surface area (Å²) in [6.07, 6.45) is 16.1. The highest BCUT2D eigenvalue weighted by atomic mass is 16.5. The van der Waals surface area contributed by atoms with Crippen LogP contribution in [0.4, 0.5) is 5.82 Å². The van der Waals surface area contributed by atoms with Crippen LogP contribution in [0.3, 0.4) is 0 Å². The van der Waals surface area contributed by atoms with Crippen molar-refractivity contribution in [2.45, 2.75) is 97.2 Å². The van der Waals surface area contributed by atoms with E-state index in [0.29, 0.717) is 30.1 Å². The number of ether oxygens (including phenoxy) is 1. The number of carboxylic acid groups (broad SMARTS) is 1. The minimum atomic E-state index is -1.16. The van der Waals surface area contributed by atoms with E-state index in [2.05, 4.69) is 42.5 Å². The zero-order valence-electron chi connectivity index (χ0n) is 27.0. The van der Waals surface area contributed by atoms with Gasteiger partial charge in [0.25, 0.3) is 0 Å². The lowest BCUT2D eigenvalue weighted by Crippen LogP contribution is -2.65. The number of fused-ring (bicyclic) bond motifs is 2. The molecular weight excluding hydrogens is 550 g/mol. The molecule has 1 aliphatic heterocycles. The average Bonchev–Trinajstić information content (AvgIpc) is 3.75. The van der Waals surface area contributed by atoms with Crippen LogP contribution >= 0.6 is 0 Å². The number of pyridine rings is 1. The van der Waals surface area contributed by atoms with Crippen molar-refractivity contribution in [1.82, 2.24) is 10.3 Å². The Morgan fingerprint density at radius 2 is 1.93 bits per heavy atom. The number of aliphatic carboxylic acids is 1. The summed E-state index contributed by atoms with van der Waals surface area (Å²) in [5, 5.41) is 18.6. The lowest BCUT2D eigenvalue weighted by molar-refractivity contribution is -0.197. The van der Waals surface area contributed by atoms with Gasteiger partial charge in [0.2, 0.25) is 0 Å². The van der Waals surface area contributed by atoms with Crippen LogP contribution in [0.25, 0.3) is 0 Å². The van der Waals surface area contributed by atoms with Gasteiger partial charge in [-0.15, -0.1) is 0 Å². The quantitative estimate of drug-likeness (QED) is 0.154. The molecule has 3 N–H and O–H groups in total. The predicted octanol–water partition coefficient (Wildman–Crippen LogP) is 6.36. The van der Waals surface area contributed by atoms with Crippen LogP contribution in [0.1, 0.15) is 85.0 Å². The minimum Gasteiger partial charge on any atom is -0.481 e. The van der Waals surface area contributed by atoms with Crippen LogP contribution in [0.5, 0.6) is 0 Å². The van der Waals surface area contributed by atoms with Crippen molar-refractivity contribution in [1.29, 1.82) is 0 Å². The minimum absolute atomic E-state index is 0.0602. The molecule has 0 aromatic carbocycles. The first-order chi connectivity index (χ1) is 21.3. The average molecular weight is 604 g/mol. The molecule has 44 heavy (non-hydrogen) atoms. The molecule has 1 aromatic heterocycles. The molecule has 2 heterocycles. The molecule has 7 heteroatoms. The van der Waals surface area contributed by atoms with Crippen LogP contribution in [0.15, 0.2) is 36.0 Å². The Labute approximate surface area is 263 Å². The van der Waals surface area contributed by atoms with Crippen molar-refractivity contribution in [2.24, 2.45) is 57.7 Å². The monoisotopic (exact) mass is 603 g/mol. The van der Waals surface area contributed by atoms with Crippen molar-refractivity contribution >= 4 is 18.1 Å². The number of aromatic nitrogens is 1. The van der Waals surface area contributed by atoms with Gasteiger partial charge >= 0.3 is 5.97 Å². The van der Waals surface area contributed by atoms with E-state index in [1.54, 1.807) is 6.20 Å². The third-order valence-corrected chi connectivity index (χ3v) is 13.7. The zero-order chi connectivity index (χ0) is 30.7. The molecule has 0 amide bonds. The van der Waals surface area contributed by atoms with Gasteiger partial charge in [-0.1, -0.05) is 77.0 Å². The Kier molecular flexibility index (Phi) is 7.96. The fraction of sp³-hybridized carbons (Fsp3) is 0.757. The fourth-order valence-corrected chi connectivity index (χ4v) is 12.2. The lowest BCUT2D eigenvalue weighted by atomic mass is 9.41. The number of nitrogens with one attached hydrogen (secondary N) is 2. The first kappa shape index (κ1) is 30.4. The molecular formula is C37H53N3O4. The third kappa shape index (κ3) is 4.16. The van der Waals surface area contributed by atoms with Gasteiger partial charge in [0.15, 0.2) is 0 Å². The number of anilines is 1. The number of rotatable bonds is 11. The van der Waals surface area contributed by atoms with E-state index in [-0.39, 0.29) is 30.0 Å². The highest BCUT2D eigenvalue weighted by molar-refractivity contribution is 5.90. The second-order valence-electron chi connectivity index (χ2n) is 15.7. The second kappa shape index (κ2) is 11.5. The summed E-state index contributed by atoms with van der Waals surface area (Å²) < 4.78 is 7.30. The van der Waals surface area contributed by atoms with Gasteiger partial charge in [0, 0.05) is 31.2 Å². The smallest absolute Gasteiger partial charge is 0.315 e. The summed E-state index contributed by atoms with van der Waals surface area (Å²) in [5.41, 5.74) is -1.53. The number of hydrogen-bond acceptors (Lipinski definition) is 6. The van der Waals surface area contributed by atoms with Gasteiger partial charge < -0.3 is 25.3 Å². The molecule has 1 aromatic rings. The first-order valence-electron chi connectivity index (χ1n) is 17.7. The van der Waals surface area contributed by atoms with Crippen LogP contribution in [0, 0.1) is 57.7 Å². The Hall–Kier alpha value is -2.25. The SMILES string of the molecule is CC(C)C1=CC2CC3(C=O)[C@@H]4CC[C@@H](C)[C@H]4CC2([C@H]2C[C@@H](C4CCCCC4)[C@H](CNCCNc4ccccn4)O2)[C@]13C(=O)O. The molecule has 7 rings (SSSR count). The summed E-state index contributed by atoms with van der Waals surface area (Å²) >= 11 is 0. The molecule has 4 bridgehead atoms. The topological polar surface area (TPSA) is 101 Å². The summed E-state index contributed by atoms with van der Waals surface area (Å²) in [6.45, 7) is 8.98. The van der Waals surface area contributed by atoms with Crippen molar-refractivity contribution in [3.05, 3.63) is 36.0 Å². The summed E-state index contributed by atoms with van der Waals surface area (Å²) in [5.74, 6) is 2.41. The largest absolute Gasteiger partial charge is 0.481 e. The van der Waals surface area contributed by atoms with Gasteiger partial charge in [-0.05, 0) is 79.2 Å². The number of allylic oxidation sites excluding steroid dienone is 1.